The Labute approximate surface area is 179 Å². The van der Waals surface area contributed by atoms with Crippen molar-refractivity contribution in [2.24, 2.45) is 0 Å². The molecule has 0 N–H and O–H groups in total. The van der Waals surface area contributed by atoms with E-state index in [9.17, 15) is 4.79 Å². The predicted molar refractivity (Wildman–Crippen MR) is 115 cm³/mol. The first-order chi connectivity index (χ1) is 14.6. The molecule has 3 aromatic rings. The first kappa shape index (κ1) is 20.6. The van der Waals surface area contributed by atoms with Gasteiger partial charge in [0, 0.05) is 52.2 Å². The van der Waals surface area contributed by atoms with Crippen molar-refractivity contribution in [1.29, 1.82) is 0 Å². The minimum absolute atomic E-state index is 0.0480. The number of hydrogen-bond acceptors (Lipinski definition) is 8. The number of aryl methyl sites for hydroxylation is 1. The number of rotatable bonds is 6. The number of methoxy groups -OCH3 is 2. The first-order valence-corrected chi connectivity index (χ1v) is 10.7. The molecule has 4 heterocycles. The first-order valence-electron chi connectivity index (χ1n) is 9.84. The second-order valence-corrected chi connectivity index (χ2v) is 8.25. The molecule has 1 aliphatic rings. The smallest absolute Gasteiger partial charge is 0.264 e. The predicted octanol–water partition coefficient (Wildman–Crippen LogP) is 2.51. The second-order valence-electron chi connectivity index (χ2n) is 7.25. The Balaban J connectivity index is 1.50. The van der Waals surface area contributed by atoms with E-state index in [-0.39, 0.29) is 5.91 Å². The molecule has 4 rings (SSSR count). The number of thiophene rings is 1. The summed E-state index contributed by atoms with van der Waals surface area (Å²) < 4.78 is 10.6. The van der Waals surface area contributed by atoms with Crippen LogP contribution in [0.4, 0.5) is 0 Å². The number of aromatic nitrogens is 3. The molecule has 0 saturated carbocycles. The number of carbonyl (C=O) groups is 1. The van der Waals surface area contributed by atoms with Gasteiger partial charge in [-0.25, -0.2) is 4.98 Å². The molecule has 3 aromatic heterocycles. The van der Waals surface area contributed by atoms with Gasteiger partial charge in [-0.15, -0.1) is 11.3 Å². The molecule has 0 spiro atoms. The van der Waals surface area contributed by atoms with Crippen molar-refractivity contribution in [2.75, 3.05) is 40.4 Å². The van der Waals surface area contributed by atoms with E-state index in [2.05, 4.69) is 25.9 Å². The van der Waals surface area contributed by atoms with Crippen molar-refractivity contribution in [2.45, 2.75) is 20.1 Å². The minimum atomic E-state index is 0.0480. The highest BCUT2D eigenvalue weighted by molar-refractivity contribution is 7.20. The molecule has 1 saturated heterocycles. The normalized spacial score (nSPS) is 15.0. The Morgan fingerprint density at radius 3 is 2.67 bits per heavy atom. The Morgan fingerprint density at radius 1 is 1.20 bits per heavy atom. The van der Waals surface area contributed by atoms with E-state index >= 15 is 0 Å². The zero-order chi connectivity index (χ0) is 21.1. The summed E-state index contributed by atoms with van der Waals surface area (Å²) in [5.74, 6) is 1.08. The fraction of sp³-hybridized carbons (Fsp3) is 0.429. The van der Waals surface area contributed by atoms with Gasteiger partial charge in [0.15, 0.2) is 5.82 Å². The van der Waals surface area contributed by atoms with Crippen LogP contribution in [-0.2, 0) is 17.9 Å². The number of ether oxygens (including phenoxy) is 2. The van der Waals surface area contributed by atoms with Crippen LogP contribution in [0.1, 0.15) is 26.6 Å². The highest BCUT2D eigenvalue weighted by Crippen LogP contribution is 2.35. The van der Waals surface area contributed by atoms with Crippen molar-refractivity contribution in [3.05, 3.63) is 46.4 Å². The lowest BCUT2D eigenvalue weighted by molar-refractivity contribution is 0.0632. The third kappa shape index (κ3) is 4.14. The quantitative estimate of drug-likeness (QED) is 0.598. The van der Waals surface area contributed by atoms with Gasteiger partial charge in [0.2, 0.25) is 5.88 Å². The third-order valence-corrected chi connectivity index (χ3v) is 6.43. The van der Waals surface area contributed by atoms with Crippen LogP contribution in [0.25, 0.3) is 10.2 Å². The molecule has 0 unspecified atom stereocenters. The van der Waals surface area contributed by atoms with Gasteiger partial charge in [-0.3, -0.25) is 14.7 Å². The number of amides is 1. The van der Waals surface area contributed by atoms with Gasteiger partial charge in [-0.2, -0.15) is 4.98 Å². The molecule has 0 atom stereocenters. The number of piperazine rings is 1. The van der Waals surface area contributed by atoms with Gasteiger partial charge in [0.1, 0.15) is 11.4 Å². The molecule has 0 bridgehead atoms. The Hall–Kier alpha value is -2.62. The van der Waals surface area contributed by atoms with Crippen molar-refractivity contribution < 1.29 is 14.3 Å². The lowest BCUT2D eigenvalue weighted by Crippen LogP contribution is -2.48. The molecule has 8 nitrogen and oxygen atoms in total. The van der Waals surface area contributed by atoms with E-state index in [1.807, 2.05) is 24.1 Å². The molecule has 9 heteroatoms. The van der Waals surface area contributed by atoms with Crippen LogP contribution in [-0.4, -0.2) is 71.1 Å². The van der Waals surface area contributed by atoms with Crippen LogP contribution in [0.2, 0.25) is 0 Å². The zero-order valence-electron chi connectivity index (χ0n) is 17.4. The maximum absolute atomic E-state index is 13.3. The largest absolute Gasteiger partial charge is 0.480 e. The van der Waals surface area contributed by atoms with Crippen molar-refractivity contribution >= 4 is 27.5 Å². The standard InChI is InChI=1S/C21H25N5O3S/c1-14-17-19(29-3)23-16(13-28-2)24-20(17)30-18(14)21(27)26-9-7-25(8-10-26)12-15-5-4-6-22-11-15/h4-6,11H,7-10,12-13H2,1-3H3. The van der Waals surface area contributed by atoms with Crippen molar-refractivity contribution in [3.8, 4) is 5.88 Å². The average molecular weight is 428 g/mol. The third-order valence-electron chi connectivity index (χ3n) is 5.25. The molecular formula is C21H25N5O3S. The molecule has 0 aromatic carbocycles. The molecule has 1 fully saturated rings. The summed E-state index contributed by atoms with van der Waals surface area (Å²) in [4.78, 5) is 32.1. The van der Waals surface area contributed by atoms with Gasteiger partial charge >= 0.3 is 0 Å². The maximum atomic E-state index is 13.3. The summed E-state index contributed by atoms with van der Waals surface area (Å²) in [5.41, 5.74) is 2.06. The van der Waals surface area contributed by atoms with E-state index in [1.165, 1.54) is 16.9 Å². The Morgan fingerprint density at radius 2 is 2.00 bits per heavy atom. The molecular weight excluding hydrogens is 402 g/mol. The highest BCUT2D eigenvalue weighted by atomic mass is 32.1. The topological polar surface area (TPSA) is 80.7 Å². The number of fused-ring (bicyclic) bond motifs is 1. The van der Waals surface area contributed by atoms with Crippen molar-refractivity contribution in [3.63, 3.8) is 0 Å². The van der Waals surface area contributed by atoms with Gasteiger partial charge in [0.25, 0.3) is 5.91 Å². The van der Waals surface area contributed by atoms with E-state index in [1.54, 1.807) is 20.4 Å². The summed E-state index contributed by atoms with van der Waals surface area (Å²) in [5, 5.41) is 0.806. The number of nitrogens with zero attached hydrogens (tertiary/aromatic N) is 5. The summed E-state index contributed by atoms with van der Waals surface area (Å²) in [6, 6.07) is 4.03. The zero-order valence-corrected chi connectivity index (χ0v) is 18.2. The molecule has 158 valence electrons. The van der Waals surface area contributed by atoms with E-state index in [4.69, 9.17) is 9.47 Å². The average Bonchev–Trinajstić information content (AvgIpc) is 3.10. The van der Waals surface area contributed by atoms with E-state index in [0.717, 1.165) is 35.4 Å². The number of pyridine rings is 1. The van der Waals surface area contributed by atoms with Crippen LogP contribution >= 0.6 is 11.3 Å². The fourth-order valence-corrected chi connectivity index (χ4v) is 4.85. The van der Waals surface area contributed by atoms with Gasteiger partial charge in [0.05, 0.1) is 17.4 Å². The molecule has 30 heavy (non-hydrogen) atoms. The van der Waals surface area contributed by atoms with Gasteiger partial charge < -0.3 is 14.4 Å². The van der Waals surface area contributed by atoms with Crippen LogP contribution in [0.5, 0.6) is 5.88 Å². The van der Waals surface area contributed by atoms with Crippen LogP contribution in [0.3, 0.4) is 0 Å². The monoisotopic (exact) mass is 427 g/mol. The number of hydrogen-bond donors (Lipinski definition) is 0. The SMILES string of the molecule is COCc1nc(OC)c2c(C)c(C(=O)N3CCN(Cc4cccnc4)CC3)sc2n1. The van der Waals surface area contributed by atoms with Crippen molar-refractivity contribution in [1.82, 2.24) is 24.8 Å². The summed E-state index contributed by atoms with van der Waals surface area (Å²) >= 11 is 1.40. The van der Waals surface area contributed by atoms with Gasteiger partial charge in [-0.1, -0.05) is 6.07 Å². The fourth-order valence-electron chi connectivity index (χ4n) is 3.69. The molecule has 0 aliphatic carbocycles. The van der Waals surface area contributed by atoms with E-state index in [0.29, 0.717) is 36.3 Å². The maximum Gasteiger partial charge on any atom is 0.264 e. The lowest BCUT2D eigenvalue weighted by atomic mass is 10.2. The van der Waals surface area contributed by atoms with Crippen LogP contribution in [0, 0.1) is 6.92 Å². The summed E-state index contributed by atoms with van der Waals surface area (Å²) in [6.07, 6.45) is 3.68. The summed E-state index contributed by atoms with van der Waals surface area (Å²) in [7, 11) is 3.18. The van der Waals surface area contributed by atoms with Crippen LogP contribution < -0.4 is 4.74 Å². The van der Waals surface area contributed by atoms with E-state index < -0.39 is 0 Å². The molecule has 1 aliphatic heterocycles. The molecule has 1 amide bonds. The summed E-state index contributed by atoms with van der Waals surface area (Å²) in [6.45, 7) is 6.16. The molecule has 0 radical (unpaired) electrons. The number of carbonyl (C=O) groups excluding carboxylic acids is 1. The van der Waals surface area contributed by atoms with Gasteiger partial charge in [-0.05, 0) is 24.1 Å². The van der Waals surface area contributed by atoms with Crippen LogP contribution in [0.15, 0.2) is 24.5 Å². The minimum Gasteiger partial charge on any atom is -0.480 e. The Kier molecular flexibility index (Phi) is 6.21. The lowest BCUT2D eigenvalue weighted by Gasteiger charge is -2.34. The Bertz CT molecular complexity index is 1030. The second kappa shape index (κ2) is 9.03. The highest BCUT2D eigenvalue weighted by Gasteiger charge is 2.27.